The molecule has 2 heterocycles. The molecule has 3 aromatic rings. The summed E-state index contributed by atoms with van der Waals surface area (Å²) >= 11 is 0. The van der Waals surface area contributed by atoms with Gasteiger partial charge in [-0.1, -0.05) is 42.5 Å². The van der Waals surface area contributed by atoms with Crippen molar-refractivity contribution in [3.05, 3.63) is 60.3 Å². The molecule has 2 aromatic carbocycles. The zero-order chi connectivity index (χ0) is 17.2. The molecule has 1 fully saturated rings. The molecule has 126 valence electrons. The number of hydrogen-bond acceptors (Lipinski definition) is 5. The molecule has 2 N–H and O–H groups in total. The summed E-state index contributed by atoms with van der Waals surface area (Å²) < 4.78 is 0. The van der Waals surface area contributed by atoms with E-state index in [-0.39, 0.29) is 11.7 Å². The van der Waals surface area contributed by atoms with Crippen LogP contribution in [-0.2, 0) is 0 Å². The fraction of sp³-hybridized carbons (Fsp3) is 0.250. The zero-order valence-electron chi connectivity index (χ0n) is 13.9. The largest absolute Gasteiger partial charge is 0.384 e. The molecule has 1 aliphatic heterocycles. The van der Waals surface area contributed by atoms with Gasteiger partial charge < -0.3 is 10.6 Å². The summed E-state index contributed by atoms with van der Waals surface area (Å²) in [5.41, 5.74) is 6.57. The van der Waals surface area contributed by atoms with Crippen molar-refractivity contribution in [2.75, 3.05) is 23.7 Å². The summed E-state index contributed by atoms with van der Waals surface area (Å²) in [6.07, 6.45) is 3.49. The Labute approximate surface area is 146 Å². The quantitative estimate of drug-likeness (QED) is 0.745. The minimum Gasteiger partial charge on any atom is -0.384 e. The summed E-state index contributed by atoms with van der Waals surface area (Å²) in [6.45, 7) is 1.48. The lowest BCUT2D eigenvalue weighted by atomic mass is 9.88. The van der Waals surface area contributed by atoms with E-state index < -0.39 is 0 Å². The lowest BCUT2D eigenvalue weighted by Gasteiger charge is -2.32. The lowest BCUT2D eigenvalue weighted by molar-refractivity contribution is 0.0908. The van der Waals surface area contributed by atoms with Crippen LogP contribution in [0.1, 0.15) is 23.2 Å². The van der Waals surface area contributed by atoms with Crippen molar-refractivity contribution in [3.63, 3.8) is 0 Å². The first-order valence-corrected chi connectivity index (χ1v) is 8.58. The number of aromatic nitrogens is 2. The van der Waals surface area contributed by atoms with Crippen molar-refractivity contribution in [1.82, 2.24) is 9.97 Å². The van der Waals surface area contributed by atoms with E-state index in [1.165, 1.54) is 0 Å². The van der Waals surface area contributed by atoms with Gasteiger partial charge in [0.15, 0.2) is 5.78 Å². The van der Waals surface area contributed by atoms with Gasteiger partial charge in [-0.05, 0) is 29.7 Å². The van der Waals surface area contributed by atoms with Gasteiger partial charge in [0.25, 0.3) is 0 Å². The highest BCUT2D eigenvalue weighted by Gasteiger charge is 2.28. The number of Topliss-reactive ketones (excluding diaryl/α,β-unsaturated/α-hetero) is 1. The van der Waals surface area contributed by atoms with Crippen molar-refractivity contribution in [1.29, 1.82) is 0 Å². The first kappa shape index (κ1) is 15.6. The maximum absolute atomic E-state index is 13.2. The summed E-state index contributed by atoms with van der Waals surface area (Å²) in [7, 11) is 0. The number of rotatable bonds is 3. The van der Waals surface area contributed by atoms with Crippen molar-refractivity contribution in [2.24, 2.45) is 5.92 Å². The molecular weight excluding hydrogens is 312 g/mol. The minimum atomic E-state index is -0.0513. The Hall–Kier alpha value is -2.95. The number of nitrogens with zero attached hydrogens (tertiary/aromatic N) is 3. The monoisotopic (exact) mass is 332 g/mol. The molecule has 1 atom stereocenters. The van der Waals surface area contributed by atoms with Crippen molar-refractivity contribution >= 4 is 28.3 Å². The van der Waals surface area contributed by atoms with Crippen LogP contribution in [0.2, 0.25) is 0 Å². The van der Waals surface area contributed by atoms with Gasteiger partial charge in [0.1, 0.15) is 5.82 Å². The molecule has 25 heavy (non-hydrogen) atoms. The van der Waals surface area contributed by atoms with E-state index in [1.54, 1.807) is 12.3 Å². The number of fused-ring (bicyclic) bond motifs is 1. The van der Waals surface area contributed by atoms with Crippen molar-refractivity contribution in [2.45, 2.75) is 12.8 Å². The van der Waals surface area contributed by atoms with E-state index in [0.29, 0.717) is 18.3 Å². The molecule has 4 rings (SSSR count). The Morgan fingerprint density at radius 1 is 1.12 bits per heavy atom. The fourth-order valence-corrected chi connectivity index (χ4v) is 3.55. The summed E-state index contributed by atoms with van der Waals surface area (Å²) in [5.74, 6) is 1.21. The van der Waals surface area contributed by atoms with Crippen LogP contribution in [0, 0.1) is 5.92 Å². The van der Waals surface area contributed by atoms with E-state index in [9.17, 15) is 4.79 Å². The molecule has 0 saturated carbocycles. The Balaban J connectivity index is 1.61. The van der Waals surface area contributed by atoms with E-state index in [2.05, 4.69) is 14.9 Å². The Morgan fingerprint density at radius 2 is 1.96 bits per heavy atom. The number of nitrogen functional groups attached to an aromatic ring is 1. The lowest BCUT2D eigenvalue weighted by Crippen LogP contribution is -2.39. The molecule has 0 bridgehead atoms. The minimum absolute atomic E-state index is 0.0513. The van der Waals surface area contributed by atoms with Crippen LogP contribution in [0.15, 0.2) is 54.7 Å². The molecular formula is C20H20N4O. The average Bonchev–Trinajstić information content (AvgIpc) is 2.67. The second kappa shape index (κ2) is 6.51. The van der Waals surface area contributed by atoms with Gasteiger partial charge in [-0.15, -0.1) is 0 Å². The molecule has 0 amide bonds. The summed E-state index contributed by atoms with van der Waals surface area (Å²) in [4.78, 5) is 23.8. The van der Waals surface area contributed by atoms with Crippen LogP contribution in [0.5, 0.6) is 0 Å². The van der Waals surface area contributed by atoms with Gasteiger partial charge in [-0.2, -0.15) is 4.98 Å². The summed E-state index contributed by atoms with van der Waals surface area (Å²) in [5, 5.41) is 2.12. The summed E-state index contributed by atoms with van der Waals surface area (Å²) in [6, 6.07) is 15.6. The van der Waals surface area contributed by atoms with Crippen LogP contribution >= 0.6 is 0 Å². The molecule has 0 spiro atoms. The Kier molecular flexibility index (Phi) is 4.06. The van der Waals surface area contributed by atoms with Gasteiger partial charge in [-0.3, -0.25) is 4.79 Å². The highest BCUT2D eigenvalue weighted by molar-refractivity contribution is 6.09. The second-order valence-corrected chi connectivity index (χ2v) is 6.46. The number of nitrogens with two attached hydrogens (primary N) is 1. The van der Waals surface area contributed by atoms with Crippen LogP contribution < -0.4 is 10.6 Å². The fourth-order valence-electron chi connectivity index (χ4n) is 3.55. The highest BCUT2D eigenvalue weighted by Crippen LogP contribution is 2.27. The molecule has 5 nitrogen and oxygen atoms in total. The van der Waals surface area contributed by atoms with Gasteiger partial charge in [0.05, 0.1) is 0 Å². The van der Waals surface area contributed by atoms with E-state index >= 15 is 0 Å². The van der Waals surface area contributed by atoms with Gasteiger partial charge >= 0.3 is 0 Å². The highest BCUT2D eigenvalue weighted by atomic mass is 16.1. The van der Waals surface area contributed by atoms with Gasteiger partial charge in [0, 0.05) is 30.8 Å². The number of ketones is 1. The maximum Gasteiger partial charge on any atom is 0.227 e. The molecule has 0 radical (unpaired) electrons. The van der Waals surface area contributed by atoms with Gasteiger partial charge in [-0.25, -0.2) is 4.98 Å². The van der Waals surface area contributed by atoms with Crippen molar-refractivity contribution < 1.29 is 4.79 Å². The molecule has 1 aliphatic rings. The van der Waals surface area contributed by atoms with Crippen LogP contribution in [0.25, 0.3) is 10.8 Å². The molecule has 1 saturated heterocycles. The third kappa shape index (κ3) is 3.05. The number of hydrogen-bond donors (Lipinski definition) is 1. The van der Waals surface area contributed by atoms with Crippen LogP contribution in [0.4, 0.5) is 11.8 Å². The van der Waals surface area contributed by atoms with E-state index in [1.807, 2.05) is 42.5 Å². The third-order valence-corrected chi connectivity index (χ3v) is 4.79. The maximum atomic E-state index is 13.2. The van der Waals surface area contributed by atoms with E-state index in [0.717, 1.165) is 35.7 Å². The zero-order valence-corrected chi connectivity index (χ0v) is 13.9. The third-order valence-electron chi connectivity index (χ3n) is 4.79. The van der Waals surface area contributed by atoms with Crippen LogP contribution in [0.3, 0.4) is 0 Å². The predicted molar refractivity (Wildman–Crippen MR) is 99.7 cm³/mol. The first-order valence-electron chi connectivity index (χ1n) is 8.58. The Bertz CT molecular complexity index is 919. The Morgan fingerprint density at radius 3 is 2.84 bits per heavy atom. The van der Waals surface area contributed by atoms with E-state index in [4.69, 9.17) is 5.73 Å². The topological polar surface area (TPSA) is 72.1 Å². The molecule has 5 heteroatoms. The second-order valence-electron chi connectivity index (χ2n) is 6.46. The number of carbonyl (C=O) groups is 1. The molecule has 1 unspecified atom stereocenters. The number of anilines is 2. The number of benzene rings is 2. The standard InChI is InChI=1S/C20H20N4O/c21-18-10-11-22-20(23-18)24-12-4-7-15(13-24)19(25)17-9-3-6-14-5-1-2-8-16(14)17/h1-3,5-6,8-11,15H,4,7,12-13H2,(H2,21,22,23). The SMILES string of the molecule is Nc1ccnc(N2CCCC(C(=O)c3cccc4ccccc34)C2)n1. The average molecular weight is 332 g/mol. The smallest absolute Gasteiger partial charge is 0.227 e. The molecule has 0 aliphatic carbocycles. The molecule has 1 aromatic heterocycles. The number of carbonyl (C=O) groups excluding carboxylic acids is 1. The number of piperidine rings is 1. The first-order chi connectivity index (χ1) is 12.2. The van der Waals surface area contributed by atoms with Gasteiger partial charge in [0.2, 0.25) is 5.95 Å². The van der Waals surface area contributed by atoms with Crippen molar-refractivity contribution in [3.8, 4) is 0 Å². The normalized spacial score (nSPS) is 17.6. The predicted octanol–water partition coefficient (Wildman–Crippen LogP) is 3.31. The van der Waals surface area contributed by atoms with Crippen LogP contribution in [-0.4, -0.2) is 28.8 Å².